The van der Waals surface area contributed by atoms with E-state index in [0.717, 1.165) is 44.9 Å². The van der Waals surface area contributed by atoms with Crippen LogP contribution in [0.1, 0.15) is 57.7 Å². The summed E-state index contributed by atoms with van der Waals surface area (Å²) in [7, 11) is 0. The zero-order valence-electron chi connectivity index (χ0n) is 15.4. The second kappa shape index (κ2) is 7.21. The highest BCUT2D eigenvalue weighted by Gasteiger charge is 2.33. The summed E-state index contributed by atoms with van der Waals surface area (Å²) in [5, 5.41) is 3.89. The molecule has 0 radical (unpaired) electrons. The zero-order chi connectivity index (χ0) is 17.3. The lowest BCUT2D eigenvalue weighted by Gasteiger charge is -2.40. The monoisotopic (exact) mass is 334 g/mol. The number of rotatable bonds is 3. The highest BCUT2D eigenvalue weighted by Crippen LogP contribution is 2.28. The van der Waals surface area contributed by atoms with Gasteiger partial charge in [0.15, 0.2) is 5.82 Å². The number of amides is 1. The molecular formula is C18H30N4O2. The molecule has 2 fully saturated rings. The van der Waals surface area contributed by atoms with E-state index in [4.69, 9.17) is 4.52 Å². The van der Waals surface area contributed by atoms with Crippen LogP contribution in [0.3, 0.4) is 0 Å². The topological polar surface area (TPSA) is 62.5 Å². The van der Waals surface area contributed by atoms with E-state index in [0.29, 0.717) is 29.5 Å². The van der Waals surface area contributed by atoms with Crippen molar-refractivity contribution in [2.24, 2.45) is 11.8 Å². The molecule has 1 amide bonds. The third-order valence-corrected chi connectivity index (χ3v) is 5.51. The van der Waals surface area contributed by atoms with E-state index in [2.05, 4.69) is 40.7 Å². The van der Waals surface area contributed by atoms with E-state index >= 15 is 0 Å². The number of hydrogen-bond acceptors (Lipinski definition) is 5. The van der Waals surface area contributed by atoms with Gasteiger partial charge in [0.05, 0.1) is 6.04 Å². The van der Waals surface area contributed by atoms with Crippen LogP contribution in [0.25, 0.3) is 0 Å². The molecule has 134 valence electrons. The van der Waals surface area contributed by atoms with Gasteiger partial charge in [-0.1, -0.05) is 19.0 Å². The summed E-state index contributed by atoms with van der Waals surface area (Å²) in [6, 6.07) is -0.0344. The van der Waals surface area contributed by atoms with Crippen molar-refractivity contribution in [3.05, 3.63) is 11.7 Å². The molecule has 2 aliphatic rings. The Bertz CT molecular complexity index is 555. The maximum atomic E-state index is 12.9. The first kappa shape index (κ1) is 17.4. The Morgan fingerprint density at radius 2 is 1.83 bits per heavy atom. The lowest BCUT2D eigenvalue weighted by molar-refractivity contribution is -0.139. The molecule has 3 heterocycles. The fourth-order valence-electron chi connectivity index (χ4n) is 4.28. The molecule has 0 spiro atoms. The van der Waals surface area contributed by atoms with Crippen molar-refractivity contribution in [1.82, 2.24) is 19.9 Å². The molecule has 3 rings (SSSR count). The van der Waals surface area contributed by atoms with Gasteiger partial charge < -0.3 is 9.42 Å². The van der Waals surface area contributed by atoms with E-state index in [1.54, 1.807) is 0 Å². The van der Waals surface area contributed by atoms with E-state index < -0.39 is 0 Å². The summed E-state index contributed by atoms with van der Waals surface area (Å²) < 4.78 is 5.31. The second-order valence-corrected chi connectivity index (χ2v) is 7.86. The van der Waals surface area contributed by atoms with Gasteiger partial charge in [-0.05, 0) is 58.0 Å². The van der Waals surface area contributed by atoms with Crippen LogP contribution in [0, 0.1) is 18.8 Å². The van der Waals surface area contributed by atoms with E-state index in [9.17, 15) is 4.79 Å². The van der Waals surface area contributed by atoms with Gasteiger partial charge in [0, 0.05) is 19.0 Å². The first-order valence-corrected chi connectivity index (χ1v) is 9.27. The molecule has 2 aliphatic heterocycles. The highest BCUT2D eigenvalue weighted by atomic mass is 16.5. The van der Waals surface area contributed by atoms with Crippen LogP contribution in [-0.4, -0.2) is 58.1 Å². The van der Waals surface area contributed by atoms with Crippen LogP contribution in [-0.2, 0) is 4.79 Å². The molecule has 6 nitrogen and oxygen atoms in total. The quantitative estimate of drug-likeness (QED) is 0.849. The first-order valence-electron chi connectivity index (χ1n) is 9.27. The number of piperidine rings is 2. The second-order valence-electron chi connectivity index (χ2n) is 7.86. The molecule has 0 saturated carbocycles. The number of carbonyl (C=O) groups is 1. The van der Waals surface area contributed by atoms with Gasteiger partial charge in [0.1, 0.15) is 0 Å². The van der Waals surface area contributed by atoms with Gasteiger partial charge in [-0.15, -0.1) is 0 Å². The maximum absolute atomic E-state index is 12.9. The minimum Gasteiger partial charge on any atom is -0.341 e. The molecule has 0 N–H and O–H groups in total. The van der Waals surface area contributed by atoms with Gasteiger partial charge in [0.25, 0.3) is 0 Å². The molecule has 0 bridgehead atoms. The van der Waals surface area contributed by atoms with Crippen molar-refractivity contribution in [2.45, 2.75) is 58.9 Å². The third-order valence-electron chi connectivity index (χ3n) is 5.51. The molecule has 2 saturated heterocycles. The summed E-state index contributed by atoms with van der Waals surface area (Å²) in [5.74, 6) is 3.29. The predicted molar refractivity (Wildman–Crippen MR) is 91.6 cm³/mol. The summed E-state index contributed by atoms with van der Waals surface area (Å²) in [4.78, 5) is 21.6. The maximum Gasteiger partial charge on any atom is 0.239 e. The van der Waals surface area contributed by atoms with Crippen molar-refractivity contribution < 1.29 is 9.32 Å². The van der Waals surface area contributed by atoms with Gasteiger partial charge in [0.2, 0.25) is 11.8 Å². The predicted octanol–water partition coefficient (Wildman–Crippen LogP) is 2.45. The molecule has 3 atom stereocenters. The lowest BCUT2D eigenvalue weighted by atomic mass is 9.91. The largest absolute Gasteiger partial charge is 0.341 e. The van der Waals surface area contributed by atoms with Gasteiger partial charge in [-0.2, -0.15) is 4.98 Å². The Morgan fingerprint density at radius 3 is 2.38 bits per heavy atom. The molecule has 24 heavy (non-hydrogen) atoms. The minimum atomic E-state index is -0.0344. The van der Waals surface area contributed by atoms with Gasteiger partial charge in [-0.3, -0.25) is 9.69 Å². The van der Waals surface area contributed by atoms with Crippen molar-refractivity contribution in [1.29, 1.82) is 0 Å². The van der Waals surface area contributed by atoms with Crippen molar-refractivity contribution in [2.75, 3.05) is 26.2 Å². The highest BCUT2D eigenvalue weighted by molar-refractivity contribution is 5.81. The zero-order valence-corrected chi connectivity index (χ0v) is 15.4. The van der Waals surface area contributed by atoms with E-state index in [1.165, 1.54) is 6.42 Å². The van der Waals surface area contributed by atoms with Crippen LogP contribution in [0.4, 0.5) is 0 Å². The van der Waals surface area contributed by atoms with E-state index in [1.807, 2.05) is 6.92 Å². The number of likely N-dealkylation sites (tertiary alicyclic amines) is 2. The SMILES string of the molecule is Cc1noc(C2CCN([C@H](C)C(=O)N3C[C@H](C)C[C@H](C)C3)CC2)n1. The average molecular weight is 334 g/mol. The lowest BCUT2D eigenvalue weighted by Crippen LogP contribution is -2.52. The molecule has 0 aromatic carbocycles. The fraction of sp³-hybridized carbons (Fsp3) is 0.833. The number of aromatic nitrogens is 2. The van der Waals surface area contributed by atoms with E-state index in [-0.39, 0.29) is 6.04 Å². The third kappa shape index (κ3) is 3.79. The Morgan fingerprint density at radius 1 is 1.21 bits per heavy atom. The van der Waals surface area contributed by atoms with Crippen molar-refractivity contribution in [3.63, 3.8) is 0 Å². The Balaban J connectivity index is 1.54. The van der Waals surface area contributed by atoms with Crippen LogP contribution in [0.5, 0.6) is 0 Å². The Labute approximate surface area is 144 Å². The molecular weight excluding hydrogens is 304 g/mol. The number of carbonyl (C=O) groups excluding carboxylic acids is 1. The molecule has 0 unspecified atom stereocenters. The summed E-state index contributed by atoms with van der Waals surface area (Å²) in [6.45, 7) is 12.1. The number of aryl methyl sites for hydroxylation is 1. The Hall–Kier alpha value is -1.43. The van der Waals surface area contributed by atoms with Gasteiger partial charge in [-0.25, -0.2) is 0 Å². The minimum absolute atomic E-state index is 0.0344. The summed E-state index contributed by atoms with van der Waals surface area (Å²) >= 11 is 0. The molecule has 0 aliphatic carbocycles. The number of nitrogens with zero attached hydrogens (tertiary/aromatic N) is 4. The standard InChI is InChI=1S/C18H30N4O2/c1-12-9-13(2)11-22(10-12)18(23)14(3)21-7-5-16(6-8-21)17-19-15(4)20-24-17/h12-14,16H,5-11H2,1-4H3/t12-,13+,14-/m1/s1. The first-order chi connectivity index (χ1) is 11.4. The molecule has 1 aromatic heterocycles. The smallest absolute Gasteiger partial charge is 0.239 e. The van der Waals surface area contributed by atoms with Crippen LogP contribution >= 0.6 is 0 Å². The summed E-state index contributed by atoms with van der Waals surface area (Å²) in [6.07, 6.45) is 3.19. The summed E-state index contributed by atoms with van der Waals surface area (Å²) in [5.41, 5.74) is 0. The molecule has 1 aromatic rings. The van der Waals surface area contributed by atoms with Crippen LogP contribution in [0.2, 0.25) is 0 Å². The van der Waals surface area contributed by atoms with Crippen molar-refractivity contribution in [3.8, 4) is 0 Å². The number of hydrogen-bond donors (Lipinski definition) is 0. The normalized spacial score (nSPS) is 28.1. The average Bonchev–Trinajstić information content (AvgIpc) is 2.99. The fourth-order valence-corrected chi connectivity index (χ4v) is 4.28. The van der Waals surface area contributed by atoms with Crippen molar-refractivity contribution >= 4 is 5.91 Å². The Kier molecular flexibility index (Phi) is 5.23. The van der Waals surface area contributed by atoms with Crippen LogP contribution < -0.4 is 0 Å². The van der Waals surface area contributed by atoms with Gasteiger partial charge >= 0.3 is 0 Å². The van der Waals surface area contributed by atoms with Crippen LogP contribution in [0.15, 0.2) is 4.52 Å². The molecule has 6 heteroatoms.